The quantitative estimate of drug-likeness (QED) is 0.442. The maximum atomic E-state index is 4.80. The van der Waals surface area contributed by atoms with E-state index in [1.807, 2.05) is 0 Å². The molecule has 118 valence electrons. The van der Waals surface area contributed by atoms with Crippen molar-refractivity contribution in [2.75, 3.05) is 39.8 Å². The molecular formula is C15H31IN4. The smallest absolute Gasteiger partial charge is 0.193 e. The topological polar surface area (TPSA) is 30.9 Å². The van der Waals surface area contributed by atoms with Gasteiger partial charge in [0.1, 0.15) is 0 Å². The molecule has 1 saturated heterocycles. The Morgan fingerprint density at radius 3 is 2.45 bits per heavy atom. The lowest BCUT2D eigenvalue weighted by Crippen LogP contribution is -2.40. The van der Waals surface area contributed by atoms with E-state index < -0.39 is 0 Å². The molecule has 1 saturated carbocycles. The van der Waals surface area contributed by atoms with Crippen molar-refractivity contribution in [2.45, 2.75) is 51.5 Å². The second-order valence-electron chi connectivity index (χ2n) is 5.85. The van der Waals surface area contributed by atoms with Crippen molar-refractivity contribution in [1.29, 1.82) is 0 Å². The van der Waals surface area contributed by atoms with E-state index in [4.69, 9.17) is 4.99 Å². The summed E-state index contributed by atoms with van der Waals surface area (Å²) in [6.07, 6.45) is 8.21. The molecule has 2 fully saturated rings. The molecule has 0 amide bonds. The fourth-order valence-corrected chi connectivity index (χ4v) is 3.20. The Balaban J connectivity index is 0.00000200. The van der Waals surface area contributed by atoms with Gasteiger partial charge in [-0.25, -0.2) is 0 Å². The highest BCUT2D eigenvalue weighted by Crippen LogP contribution is 2.21. The van der Waals surface area contributed by atoms with E-state index in [0.29, 0.717) is 0 Å². The van der Waals surface area contributed by atoms with Gasteiger partial charge in [0.15, 0.2) is 5.96 Å². The zero-order valence-corrected chi connectivity index (χ0v) is 15.4. The molecule has 4 nitrogen and oxygen atoms in total. The summed E-state index contributed by atoms with van der Waals surface area (Å²) >= 11 is 0. The van der Waals surface area contributed by atoms with E-state index in [2.05, 4.69) is 29.1 Å². The first kappa shape index (κ1) is 18.0. The number of hydrogen-bond acceptors (Lipinski definition) is 2. The molecule has 20 heavy (non-hydrogen) atoms. The van der Waals surface area contributed by atoms with E-state index in [-0.39, 0.29) is 24.0 Å². The maximum Gasteiger partial charge on any atom is 0.193 e. The summed E-state index contributed by atoms with van der Waals surface area (Å²) in [6.45, 7) is 7.47. The summed E-state index contributed by atoms with van der Waals surface area (Å²) in [4.78, 5) is 9.70. The average Bonchev–Trinajstić information content (AvgIpc) is 3.10. The molecule has 5 heteroatoms. The van der Waals surface area contributed by atoms with Crippen molar-refractivity contribution in [3.05, 3.63) is 0 Å². The molecule has 1 aliphatic carbocycles. The number of halogens is 1. The Bertz CT molecular complexity index is 284. The Hall–Kier alpha value is -0.0400. The molecule has 2 rings (SSSR count). The molecule has 0 atom stereocenters. The van der Waals surface area contributed by atoms with Gasteiger partial charge in [-0.3, -0.25) is 4.99 Å². The van der Waals surface area contributed by atoms with E-state index in [1.54, 1.807) is 0 Å². The van der Waals surface area contributed by atoms with Gasteiger partial charge in [0.2, 0.25) is 0 Å². The lowest BCUT2D eigenvalue weighted by molar-refractivity contribution is 0.252. The molecule has 0 unspecified atom stereocenters. The van der Waals surface area contributed by atoms with Gasteiger partial charge in [-0.2, -0.15) is 0 Å². The predicted octanol–water partition coefficient (Wildman–Crippen LogP) is 2.54. The van der Waals surface area contributed by atoms with Crippen LogP contribution in [0, 0.1) is 0 Å². The second kappa shape index (κ2) is 9.82. The minimum Gasteiger partial charge on any atom is -0.357 e. The molecule has 1 heterocycles. The van der Waals surface area contributed by atoms with E-state index in [0.717, 1.165) is 31.6 Å². The van der Waals surface area contributed by atoms with Crippen LogP contribution in [0.4, 0.5) is 0 Å². The van der Waals surface area contributed by atoms with Gasteiger partial charge < -0.3 is 15.1 Å². The van der Waals surface area contributed by atoms with Crippen molar-refractivity contribution in [2.24, 2.45) is 4.99 Å². The van der Waals surface area contributed by atoms with Gasteiger partial charge in [0.25, 0.3) is 0 Å². The molecule has 0 spiro atoms. The number of hydrogen-bond donors (Lipinski definition) is 1. The predicted molar refractivity (Wildman–Crippen MR) is 97.1 cm³/mol. The highest BCUT2D eigenvalue weighted by atomic mass is 127. The third kappa shape index (κ3) is 5.39. The van der Waals surface area contributed by atoms with Gasteiger partial charge >= 0.3 is 0 Å². The zero-order valence-electron chi connectivity index (χ0n) is 13.1. The molecular weight excluding hydrogens is 363 g/mol. The standard InChI is InChI=1S/C15H30N4.HI/c1-3-16-15(19-11-6-7-12-19)17-10-13-18(2)14-8-4-5-9-14;/h14H,3-13H2,1-2H3,(H,16,17);1H. The summed E-state index contributed by atoms with van der Waals surface area (Å²) in [5.41, 5.74) is 0. The zero-order chi connectivity index (χ0) is 13.5. The molecule has 0 bridgehead atoms. The minimum absolute atomic E-state index is 0. The lowest BCUT2D eigenvalue weighted by atomic mass is 10.2. The Kier molecular flexibility index (Phi) is 8.84. The van der Waals surface area contributed by atoms with Crippen LogP contribution < -0.4 is 5.32 Å². The number of aliphatic imine (C=N–C) groups is 1. The SMILES string of the molecule is CCNC(=NCCN(C)C1CCCC1)N1CCCC1.I. The number of nitrogens with one attached hydrogen (secondary N) is 1. The molecule has 2 aliphatic rings. The summed E-state index contributed by atoms with van der Waals surface area (Å²) in [7, 11) is 2.26. The van der Waals surface area contributed by atoms with Gasteiger partial charge in [-0.15, -0.1) is 24.0 Å². The van der Waals surface area contributed by atoms with Crippen molar-refractivity contribution in [3.8, 4) is 0 Å². The molecule has 0 aromatic heterocycles. The van der Waals surface area contributed by atoms with Crippen molar-refractivity contribution < 1.29 is 0 Å². The fraction of sp³-hybridized carbons (Fsp3) is 0.933. The third-order valence-electron chi connectivity index (χ3n) is 4.40. The summed E-state index contributed by atoms with van der Waals surface area (Å²) in [5, 5.41) is 3.43. The first-order valence-electron chi connectivity index (χ1n) is 8.04. The maximum absolute atomic E-state index is 4.80. The molecule has 0 aromatic rings. The van der Waals surface area contributed by atoms with Crippen LogP contribution in [-0.2, 0) is 0 Å². The number of likely N-dealkylation sites (tertiary alicyclic amines) is 1. The summed E-state index contributed by atoms with van der Waals surface area (Å²) in [5.74, 6) is 1.12. The first-order valence-corrected chi connectivity index (χ1v) is 8.04. The van der Waals surface area contributed by atoms with Gasteiger partial charge in [-0.1, -0.05) is 12.8 Å². The number of rotatable bonds is 5. The Morgan fingerprint density at radius 1 is 1.20 bits per heavy atom. The summed E-state index contributed by atoms with van der Waals surface area (Å²) in [6, 6.07) is 0.810. The van der Waals surface area contributed by atoms with Crippen molar-refractivity contribution >= 4 is 29.9 Å². The minimum atomic E-state index is 0. The van der Waals surface area contributed by atoms with Crippen LogP contribution >= 0.6 is 24.0 Å². The van der Waals surface area contributed by atoms with E-state index in [1.165, 1.54) is 51.6 Å². The Morgan fingerprint density at radius 2 is 1.85 bits per heavy atom. The summed E-state index contributed by atoms with van der Waals surface area (Å²) < 4.78 is 0. The lowest BCUT2D eigenvalue weighted by Gasteiger charge is -2.24. The van der Waals surface area contributed by atoms with Crippen LogP contribution in [-0.4, -0.2) is 61.6 Å². The van der Waals surface area contributed by atoms with Crippen LogP contribution in [0.5, 0.6) is 0 Å². The largest absolute Gasteiger partial charge is 0.357 e. The van der Waals surface area contributed by atoms with Crippen LogP contribution in [0.1, 0.15) is 45.4 Å². The van der Waals surface area contributed by atoms with Crippen LogP contribution in [0.25, 0.3) is 0 Å². The van der Waals surface area contributed by atoms with E-state index in [9.17, 15) is 0 Å². The highest BCUT2D eigenvalue weighted by Gasteiger charge is 2.19. The van der Waals surface area contributed by atoms with Gasteiger partial charge in [0.05, 0.1) is 6.54 Å². The number of nitrogens with zero attached hydrogens (tertiary/aromatic N) is 3. The average molecular weight is 394 g/mol. The number of likely N-dealkylation sites (N-methyl/N-ethyl adjacent to an activating group) is 1. The molecule has 1 N–H and O–H groups in total. The molecule has 1 aliphatic heterocycles. The van der Waals surface area contributed by atoms with Gasteiger partial charge in [0, 0.05) is 32.2 Å². The fourth-order valence-electron chi connectivity index (χ4n) is 3.20. The van der Waals surface area contributed by atoms with Crippen LogP contribution in [0.15, 0.2) is 4.99 Å². The van der Waals surface area contributed by atoms with Crippen molar-refractivity contribution in [1.82, 2.24) is 15.1 Å². The molecule has 0 radical (unpaired) electrons. The molecule has 0 aromatic carbocycles. The third-order valence-corrected chi connectivity index (χ3v) is 4.40. The van der Waals surface area contributed by atoms with Crippen LogP contribution in [0.3, 0.4) is 0 Å². The normalized spacial score (nSPS) is 20.6. The number of guanidine groups is 1. The van der Waals surface area contributed by atoms with Gasteiger partial charge in [-0.05, 0) is 39.7 Å². The monoisotopic (exact) mass is 394 g/mol. The van der Waals surface area contributed by atoms with E-state index >= 15 is 0 Å². The Labute approximate surface area is 141 Å². The second-order valence-corrected chi connectivity index (χ2v) is 5.85. The highest BCUT2D eigenvalue weighted by molar-refractivity contribution is 14.0. The van der Waals surface area contributed by atoms with Crippen molar-refractivity contribution in [3.63, 3.8) is 0 Å². The first-order chi connectivity index (χ1) is 9.31. The van der Waals surface area contributed by atoms with Crippen LogP contribution in [0.2, 0.25) is 0 Å².